The van der Waals surface area contributed by atoms with Gasteiger partial charge in [-0.1, -0.05) is 24.3 Å². The Balaban J connectivity index is 1.76. The molecule has 40 heavy (non-hydrogen) atoms. The van der Waals surface area contributed by atoms with Crippen LogP contribution in [0.15, 0.2) is 48.7 Å². The molecule has 1 unspecified atom stereocenters. The molecular formula is C29H33F3N4O4. The van der Waals surface area contributed by atoms with Crippen molar-refractivity contribution in [2.75, 3.05) is 6.61 Å². The average Bonchev–Trinajstić information content (AvgIpc) is 3.27. The van der Waals surface area contributed by atoms with E-state index in [1.165, 1.54) is 26.1 Å². The van der Waals surface area contributed by atoms with Crippen LogP contribution in [0.4, 0.5) is 13.2 Å². The number of amides is 1. The van der Waals surface area contributed by atoms with Crippen LogP contribution < -0.4 is 10.1 Å². The highest BCUT2D eigenvalue weighted by molar-refractivity contribution is 5.95. The maximum Gasteiger partial charge on any atom is 0.406 e. The summed E-state index contributed by atoms with van der Waals surface area (Å²) in [7, 11) is 0. The summed E-state index contributed by atoms with van der Waals surface area (Å²) in [6.07, 6.45) is -2.69. The van der Waals surface area contributed by atoms with E-state index >= 15 is 0 Å². The van der Waals surface area contributed by atoms with Gasteiger partial charge in [0, 0.05) is 30.0 Å². The lowest BCUT2D eigenvalue weighted by Crippen LogP contribution is -2.37. The second-order valence-electron chi connectivity index (χ2n) is 10.3. The predicted molar refractivity (Wildman–Crippen MR) is 143 cm³/mol. The fourth-order valence-electron chi connectivity index (χ4n) is 4.22. The third-order valence-corrected chi connectivity index (χ3v) is 5.94. The average molecular weight is 559 g/mol. The number of nitriles is 1. The smallest absolute Gasteiger partial charge is 0.406 e. The van der Waals surface area contributed by atoms with E-state index in [-0.39, 0.29) is 41.8 Å². The van der Waals surface area contributed by atoms with E-state index in [1.807, 2.05) is 19.9 Å². The van der Waals surface area contributed by atoms with Gasteiger partial charge in [-0.15, -0.1) is 0 Å². The summed E-state index contributed by atoms with van der Waals surface area (Å²) in [6.45, 7) is 4.98. The van der Waals surface area contributed by atoms with Gasteiger partial charge in [-0.2, -0.15) is 18.4 Å². The molecule has 0 aliphatic rings. The molecule has 1 heterocycles. The summed E-state index contributed by atoms with van der Waals surface area (Å²) < 4.78 is 45.7. The van der Waals surface area contributed by atoms with Crippen LogP contribution in [0.25, 0.3) is 11.3 Å². The molecular weight excluding hydrogens is 525 g/mol. The number of halogens is 3. The van der Waals surface area contributed by atoms with Crippen LogP contribution in [0.5, 0.6) is 5.75 Å². The molecule has 0 aliphatic carbocycles. The predicted octanol–water partition coefficient (Wildman–Crippen LogP) is 4.72. The summed E-state index contributed by atoms with van der Waals surface area (Å²) in [6, 6.07) is 13.2. The number of aliphatic hydroxyl groups excluding tert-OH is 1. The van der Waals surface area contributed by atoms with Crippen LogP contribution in [-0.2, 0) is 18.6 Å². The molecule has 3 aromatic rings. The number of aromatic nitrogens is 2. The number of carbonyl (C=O) groups is 1. The van der Waals surface area contributed by atoms with Gasteiger partial charge in [-0.05, 0) is 64.3 Å². The molecule has 1 amide bonds. The van der Waals surface area contributed by atoms with E-state index in [2.05, 4.69) is 10.3 Å². The molecule has 0 saturated heterocycles. The quantitative estimate of drug-likeness (QED) is 0.313. The first kappa shape index (κ1) is 30.7. The molecule has 214 valence electrons. The molecule has 0 radical (unpaired) electrons. The first-order chi connectivity index (χ1) is 18.7. The third kappa shape index (κ3) is 8.31. The number of hydrogen-bond donors (Lipinski definition) is 3. The minimum absolute atomic E-state index is 0.0991. The molecule has 0 saturated carbocycles. The molecule has 1 aromatic heterocycles. The summed E-state index contributed by atoms with van der Waals surface area (Å²) in [4.78, 5) is 17.2. The SMILES string of the molecule is CC(C)Oc1ccc(C(=O)NC(CCO)Cc2ccc(-c3cn(CC(F)(F)F)c(C(C)(C)O)n3)cc2)cc1C#N. The molecule has 11 heteroatoms. The number of carbonyl (C=O) groups excluding carboxylic acids is 1. The van der Waals surface area contributed by atoms with Gasteiger partial charge >= 0.3 is 6.18 Å². The van der Waals surface area contributed by atoms with Crippen LogP contribution >= 0.6 is 0 Å². The minimum Gasteiger partial charge on any atom is -0.490 e. The molecule has 1 atom stereocenters. The topological polar surface area (TPSA) is 120 Å². The van der Waals surface area contributed by atoms with Crippen molar-refractivity contribution in [1.82, 2.24) is 14.9 Å². The Morgan fingerprint density at radius 1 is 1.18 bits per heavy atom. The summed E-state index contributed by atoms with van der Waals surface area (Å²) in [5, 5.41) is 32.2. The van der Waals surface area contributed by atoms with Gasteiger partial charge in [-0.3, -0.25) is 4.79 Å². The Labute approximate surface area is 231 Å². The maximum absolute atomic E-state index is 13.1. The van der Waals surface area contributed by atoms with Crippen LogP contribution in [0.1, 0.15) is 61.4 Å². The monoisotopic (exact) mass is 558 g/mol. The Hall–Kier alpha value is -3.88. The van der Waals surface area contributed by atoms with Crippen molar-refractivity contribution >= 4 is 5.91 Å². The van der Waals surface area contributed by atoms with Gasteiger partial charge in [0.15, 0.2) is 0 Å². The molecule has 0 bridgehead atoms. The Bertz CT molecular complexity index is 1350. The molecule has 0 spiro atoms. The molecule has 3 rings (SSSR count). The lowest BCUT2D eigenvalue weighted by atomic mass is 10.0. The number of benzene rings is 2. The first-order valence-electron chi connectivity index (χ1n) is 12.8. The first-order valence-corrected chi connectivity index (χ1v) is 12.8. The highest BCUT2D eigenvalue weighted by atomic mass is 19.4. The van der Waals surface area contributed by atoms with Crippen molar-refractivity contribution in [2.45, 2.75) is 71.0 Å². The van der Waals surface area contributed by atoms with Gasteiger partial charge in [0.1, 0.15) is 29.8 Å². The second kappa shape index (κ2) is 12.5. The fraction of sp³-hybridized carbons (Fsp3) is 0.414. The minimum atomic E-state index is -4.48. The Kier molecular flexibility index (Phi) is 9.60. The fourth-order valence-corrected chi connectivity index (χ4v) is 4.22. The lowest BCUT2D eigenvalue weighted by Gasteiger charge is -2.19. The van der Waals surface area contributed by atoms with Crippen LogP contribution in [0.3, 0.4) is 0 Å². The largest absolute Gasteiger partial charge is 0.490 e. The molecule has 3 N–H and O–H groups in total. The molecule has 0 fully saturated rings. The van der Waals surface area contributed by atoms with Crippen molar-refractivity contribution in [3.63, 3.8) is 0 Å². The summed E-state index contributed by atoms with van der Waals surface area (Å²) in [5.41, 5.74) is 0.606. The number of aliphatic hydroxyl groups is 2. The van der Waals surface area contributed by atoms with E-state index in [0.29, 0.717) is 17.7 Å². The van der Waals surface area contributed by atoms with Gasteiger partial charge < -0.3 is 24.8 Å². The van der Waals surface area contributed by atoms with Gasteiger partial charge in [0.25, 0.3) is 5.91 Å². The summed E-state index contributed by atoms with van der Waals surface area (Å²) >= 11 is 0. The van der Waals surface area contributed by atoms with Crippen LogP contribution in [-0.4, -0.2) is 50.6 Å². The number of imidazole rings is 1. The van der Waals surface area contributed by atoms with Crippen molar-refractivity contribution in [3.05, 3.63) is 71.2 Å². The zero-order valence-corrected chi connectivity index (χ0v) is 22.8. The van der Waals surface area contributed by atoms with Crippen molar-refractivity contribution in [2.24, 2.45) is 0 Å². The van der Waals surface area contributed by atoms with E-state index < -0.39 is 30.3 Å². The lowest BCUT2D eigenvalue weighted by molar-refractivity contribution is -0.142. The molecule has 8 nitrogen and oxygen atoms in total. The van der Waals surface area contributed by atoms with E-state index in [0.717, 1.165) is 10.1 Å². The standard InChI is InChI=1S/C29H33F3N4O4/c1-18(2)40-25-10-9-21(14-22(25)15-33)26(38)34-23(11-12-37)13-19-5-7-20(8-6-19)24-16-36(17-29(30,31)32)27(35-24)28(3,4)39/h5-10,14,16,18,23,37,39H,11-13,17H2,1-4H3,(H,34,38). The number of rotatable bonds is 11. The zero-order chi connectivity index (χ0) is 29.7. The maximum atomic E-state index is 13.1. The number of nitrogens with zero attached hydrogens (tertiary/aromatic N) is 3. The summed E-state index contributed by atoms with van der Waals surface area (Å²) in [5.74, 6) is -0.117. The van der Waals surface area contributed by atoms with Gasteiger partial charge in [0.2, 0.25) is 0 Å². The van der Waals surface area contributed by atoms with E-state index in [1.54, 1.807) is 36.4 Å². The zero-order valence-electron chi connectivity index (χ0n) is 22.8. The van der Waals surface area contributed by atoms with E-state index in [9.17, 15) is 33.4 Å². The molecule has 2 aromatic carbocycles. The van der Waals surface area contributed by atoms with E-state index in [4.69, 9.17) is 4.74 Å². The van der Waals surface area contributed by atoms with Gasteiger partial charge in [0.05, 0.1) is 17.4 Å². The number of ether oxygens (including phenoxy) is 1. The Morgan fingerprint density at radius 2 is 1.85 bits per heavy atom. The van der Waals surface area contributed by atoms with Gasteiger partial charge in [-0.25, -0.2) is 4.98 Å². The van der Waals surface area contributed by atoms with Crippen molar-refractivity contribution in [3.8, 4) is 23.1 Å². The highest BCUT2D eigenvalue weighted by Gasteiger charge is 2.33. The number of hydrogen-bond acceptors (Lipinski definition) is 6. The number of alkyl halides is 3. The molecule has 0 aliphatic heterocycles. The highest BCUT2D eigenvalue weighted by Crippen LogP contribution is 2.28. The van der Waals surface area contributed by atoms with Crippen molar-refractivity contribution < 1.29 is 32.9 Å². The second-order valence-corrected chi connectivity index (χ2v) is 10.3. The van der Waals surface area contributed by atoms with Crippen molar-refractivity contribution in [1.29, 1.82) is 5.26 Å². The van der Waals surface area contributed by atoms with Crippen LogP contribution in [0, 0.1) is 11.3 Å². The Morgan fingerprint density at radius 3 is 2.40 bits per heavy atom. The third-order valence-electron chi connectivity index (χ3n) is 5.94. The van der Waals surface area contributed by atoms with Crippen LogP contribution in [0.2, 0.25) is 0 Å². The number of nitrogens with one attached hydrogen (secondary N) is 1. The normalized spacial score (nSPS) is 12.7.